The molecule has 0 N–H and O–H groups in total. The van der Waals surface area contributed by atoms with Crippen molar-refractivity contribution in [1.82, 2.24) is 0 Å². The summed E-state index contributed by atoms with van der Waals surface area (Å²) in [5.74, 6) is 1.64. The van der Waals surface area contributed by atoms with Gasteiger partial charge in [-0.2, -0.15) is 4.57 Å². The van der Waals surface area contributed by atoms with Crippen LogP contribution >= 0.6 is 0 Å². The van der Waals surface area contributed by atoms with E-state index in [-0.39, 0.29) is 11.3 Å². The van der Waals surface area contributed by atoms with E-state index in [2.05, 4.69) is 215 Å². The van der Waals surface area contributed by atoms with Crippen molar-refractivity contribution in [1.29, 1.82) is 0 Å². The highest BCUT2D eigenvalue weighted by Gasteiger charge is 2.59. The molecule has 0 fully saturated rings. The van der Waals surface area contributed by atoms with Gasteiger partial charge >= 0.3 is 5.72 Å². The molecule has 2 aliphatic heterocycles. The Morgan fingerprint density at radius 2 is 1.26 bits per heavy atom. The second-order valence-electron chi connectivity index (χ2n) is 19.0. The molecular weight excluding hydrogens is 739 g/mol. The van der Waals surface area contributed by atoms with Crippen molar-refractivity contribution >= 4 is 0 Å². The van der Waals surface area contributed by atoms with Gasteiger partial charge in [0.15, 0.2) is 6.20 Å². The monoisotopic (exact) mass is 790 g/mol. The van der Waals surface area contributed by atoms with Gasteiger partial charge in [-0.3, -0.25) is 0 Å². The van der Waals surface area contributed by atoms with Crippen molar-refractivity contribution in [3.05, 3.63) is 215 Å². The number of hydrogen-bond acceptors (Lipinski definition) is 1. The lowest BCUT2D eigenvalue weighted by Gasteiger charge is -2.35. The van der Waals surface area contributed by atoms with Crippen LogP contribution in [-0.2, 0) is 30.4 Å². The molecule has 3 heterocycles. The van der Waals surface area contributed by atoms with Crippen molar-refractivity contribution in [3.8, 4) is 61.5 Å². The van der Waals surface area contributed by atoms with Crippen molar-refractivity contribution in [2.75, 3.05) is 0 Å². The van der Waals surface area contributed by atoms with Gasteiger partial charge in [0.1, 0.15) is 5.75 Å². The highest BCUT2D eigenvalue weighted by Crippen LogP contribution is 2.55. The van der Waals surface area contributed by atoms with Crippen molar-refractivity contribution in [2.45, 2.75) is 70.9 Å². The Hall–Kier alpha value is -6.51. The van der Waals surface area contributed by atoms with Gasteiger partial charge in [0.2, 0.25) is 5.69 Å². The predicted octanol–water partition coefficient (Wildman–Crippen LogP) is 14.1. The summed E-state index contributed by atoms with van der Waals surface area (Å²) in [5, 5.41) is 0. The number of para-hydroxylation sites is 1. The van der Waals surface area contributed by atoms with Crippen LogP contribution in [0.4, 0.5) is 0 Å². The zero-order valence-electron chi connectivity index (χ0n) is 35.9. The fourth-order valence-electron chi connectivity index (χ4n) is 10.6. The molecule has 2 nitrogen and oxygen atoms in total. The molecule has 8 aromatic rings. The highest BCUT2D eigenvalue weighted by molar-refractivity contribution is 5.86. The van der Waals surface area contributed by atoms with Gasteiger partial charge in [0.25, 0.3) is 0 Å². The maximum atomic E-state index is 7.77. The molecule has 7 aromatic carbocycles. The first-order valence-electron chi connectivity index (χ1n) is 22.1. The molecule has 61 heavy (non-hydrogen) atoms. The molecule has 2 unspecified atom stereocenters. The van der Waals surface area contributed by atoms with E-state index in [1.54, 1.807) is 0 Å². The summed E-state index contributed by atoms with van der Waals surface area (Å²) in [6, 6.07) is 63.6. The van der Waals surface area contributed by atoms with Crippen LogP contribution in [0.15, 0.2) is 176 Å². The van der Waals surface area contributed by atoms with Gasteiger partial charge in [0, 0.05) is 18.1 Å². The number of hydrogen-bond donors (Lipinski definition) is 0. The standard InChI is InChI=1S/C59H52NO/c1-38(2)31-39-23-28-49(50(32-39)43-17-10-7-11-18-43)51-33-45-19-12-13-22-56(45)61-59-37-54-47(51)20-14-21-48(54)52-35-46(58(3,4)5)36-53(57(52)59)55-34-44(29-30-60(55)59)42-26-24-41(25-27-42)40-15-8-6-9-16-40/h6-30,32,34-36,38,51H,31,33,37H2,1-5H3/q+1. The molecule has 2 heteroatoms. The van der Waals surface area contributed by atoms with Gasteiger partial charge in [0.05, 0.1) is 17.5 Å². The number of pyridine rings is 1. The maximum Gasteiger partial charge on any atom is 0.344 e. The lowest BCUT2D eigenvalue weighted by atomic mass is 9.72. The minimum Gasteiger partial charge on any atom is -0.427 e. The Balaban J connectivity index is 1.15. The summed E-state index contributed by atoms with van der Waals surface area (Å²) in [6.45, 7) is 11.7. The predicted molar refractivity (Wildman–Crippen MR) is 251 cm³/mol. The number of nitrogens with zero attached hydrogens (tertiary/aromatic N) is 1. The smallest absolute Gasteiger partial charge is 0.344 e. The molecule has 11 rings (SSSR count). The summed E-state index contributed by atoms with van der Waals surface area (Å²) < 4.78 is 10.2. The van der Waals surface area contributed by atoms with Crippen molar-refractivity contribution in [2.24, 2.45) is 5.92 Å². The van der Waals surface area contributed by atoms with E-state index in [0.29, 0.717) is 5.92 Å². The Kier molecular flexibility index (Phi) is 8.79. The van der Waals surface area contributed by atoms with Gasteiger partial charge in [-0.15, -0.1) is 0 Å². The number of aromatic nitrogens is 1. The average molecular weight is 791 g/mol. The van der Waals surface area contributed by atoms with Crippen LogP contribution in [0.5, 0.6) is 5.75 Å². The number of benzene rings is 7. The number of ether oxygens (including phenoxy) is 1. The Labute approximate surface area is 361 Å². The Bertz CT molecular complexity index is 2970. The normalized spacial score (nSPS) is 17.0. The molecule has 1 aromatic heterocycles. The second kappa shape index (κ2) is 14.3. The Morgan fingerprint density at radius 1 is 0.590 bits per heavy atom. The van der Waals surface area contributed by atoms with Crippen LogP contribution in [-0.4, -0.2) is 0 Å². The SMILES string of the molecule is CC(C)Cc1ccc(C2Cc3ccccc3OC34Cc5c(cccc52)-c2cc(C(C)(C)C)cc(c23)-c2cc(-c3ccc(-c5ccccc5)cc3)cc[n+]24)c(-c2ccccc2)c1. The fourth-order valence-corrected chi connectivity index (χ4v) is 10.6. The third kappa shape index (κ3) is 6.26. The molecule has 0 saturated heterocycles. The topological polar surface area (TPSA) is 13.1 Å². The summed E-state index contributed by atoms with van der Waals surface area (Å²) in [5.41, 5.74) is 21.1. The first-order valence-corrected chi connectivity index (χ1v) is 22.1. The van der Waals surface area contributed by atoms with Gasteiger partial charge in [-0.25, -0.2) is 0 Å². The fraction of sp³-hybridized carbons (Fsp3) is 0.203. The average Bonchev–Trinajstić information content (AvgIpc) is 3.57. The molecule has 3 aliphatic rings. The molecular formula is C59H52NO+. The van der Waals surface area contributed by atoms with Crippen LogP contribution in [0.3, 0.4) is 0 Å². The number of rotatable bonds is 6. The summed E-state index contributed by atoms with van der Waals surface area (Å²) >= 11 is 0. The van der Waals surface area contributed by atoms with Crippen LogP contribution in [0.1, 0.15) is 79.5 Å². The van der Waals surface area contributed by atoms with Crippen LogP contribution < -0.4 is 9.30 Å². The zero-order chi connectivity index (χ0) is 41.5. The molecule has 1 aliphatic carbocycles. The molecule has 0 amide bonds. The van der Waals surface area contributed by atoms with Gasteiger partial charge in [-0.1, -0.05) is 174 Å². The second-order valence-corrected chi connectivity index (χ2v) is 19.0. The Morgan fingerprint density at radius 3 is 2.00 bits per heavy atom. The highest BCUT2D eigenvalue weighted by atomic mass is 16.5. The quantitative estimate of drug-likeness (QED) is 0.153. The van der Waals surface area contributed by atoms with Crippen molar-refractivity contribution in [3.63, 3.8) is 0 Å². The maximum absolute atomic E-state index is 7.77. The molecule has 298 valence electrons. The van der Waals surface area contributed by atoms with E-state index in [0.717, 1.165) is 25.0 Å². The van der Waals surface area contributed by atoms with E-state index in [9.17, 15) is 0 Å². The lowest BCUT2D eigenvalue weighted by Crippen LogP contribution is -2.61. The van der Waals surface area contributed by atoms with E-state index in [1.165, 1.54) is 94.7 Å². The van der Waals surface area contributed by atoms with E-state index in [1.807, 2.05) is 0 Å². The third-order valence-corrected chi connectivity index (χ3v) is 13.5. The van der Waals surface area contributed by atoms with Crippen LogP contribution in [0, 0.1) is 5.92 Å². The van der Waals surface area contributed by atoms with E-state index in [4.69, 9.17) is 4.74 Å². The van der Waals surface area contributed by atoms with E-state index < -0.39 is 5.72 Å². The first-order chi connectivity index (χ1) is 29.6. The number of fused-ring (bicyclic) bond motifs is 4. The zero-order valence-corrected chi connectivity index (χ0v) is 35.9. The first kappa shape index (κ1) is 37.5. The molecule has 1 spiro atoms. The molecule has 0 radical (unpaired) electrons. The van der Waals surface area contributed by atoms with Gasteiger partial charge < -0.3 is 4.74 Å². The molecule has 2 atom stereocenters. The summed E-state index contributed by atoms with van der Waals surface area (Å²) in [6.07, 6.45) is 4.92. The third-order valence-electron chi connectivity index (χ3n) is 13.5. The largest absolute Gasteiger partial charge is 0.427 e. The summed E-state index contributed by atoms with van der Waals surface area (Å²) in [7, 11) is 0. The lowest BCUT2D eigenvalue weighted by molar-refractivity contribution is -0.774. The van der Waals surface area contributed by atoms with Crippen molar-refractivity contribution < 1.29 is 9.30 Å². The molecule has 2 bridgehead atoms. The minimum atomic E-state index is -0.774. The van der Waals surface area contributed by atoms with Crippen LogP contribution in [0.25, 0.3) is 55.8 Å². The van der Waals surface area contributed by atoms with E-state index >= 15 is 0 Å². The minimum absolute atomic E-state index is 0.0615. The summed E-state index contributed by atoms with van der Waals surface area (Å²) in [4.78, 5) is 0. The van der Waals surface area contributed by atoms with Gasteiger partial charge in [-0.05, 0) is 120 Å². The van der Waals surface area contributed by atoms with Crippen LogP contribution in [0.2, 0.25) is 0 Å². The molecule has 0 saturated carbocycles.